The maximum Gasteiger partial charge on any atom is 0.226 e. The third-order valence-electron chi connectivity index (χ3n) is 5.35. The van der Waals surface area contributed by atoms with Gasteiger partial charge >= 0.3 is 0 Å². The highest BCUT2D eigenvalue weighted by molar-refractivity contribution is 7.89. The molecule has 0 aliphatic carbocycles. The molecule has 5 nitrogen and oxygen atoms in total. The number of sulfonamides is 1. The van der Waals surface area contributed by atoms with Crippen molar-refractivity contribution in [2.75, 3.05) is 25.4 Å². The van der Waals surface area contributed by atoms with Gasteiger partial charge in [-0.3, -0.25) is 4.79 Å². The van der Waals surface area contributed by atoms with Crippen LogP contribution in [0, 0.1) is 11.7 Å². The van der Waals surface area contributed by atoms with Gasteiger partial charge in [0.15, 0.2) is 0 Å². The molecule has 1 aromatic carbocycles. The third-order valence-corrected chi connectivity index (χ3v) is 7.23. The maximum atomic E-state index is 13.1. The molecule has 2 aliphatic rings. The van der Waals surface area contributed by atoms with Gasteiger partial charge in [-0.05, 0) is 50.3 Å². The van der Waals surface area contributed by atoms with Crippen LogP contribution in [0.25, 0.3) is 0 Å². The van der Waals surface area contributed by atoms with E-state index in [0.717, 1.165) is 18.4 Å². The number of rotatable bonds is 4. The summed E-state index contributed by atoms with van der Waals surface area (Å²) in [5.41, 5.74) is 0.971. The normalized spacial score (nSPS) is 23.1. The van der Waals surface area contributed by atoms with Gasteiger partial charge in [-0.25, -0.2) is 17.1 Å². The molecule has 2 fully saturated rings. The van der Waals surface area contributed by atoms with E-state index in [1.165, 1.54) is 16.4 Å². The number of piperidine rings is 1. The number of carbonyl (C=O) groups excluding carboxylic acids is 1. The van der Waals surface area contributed by atoms with Gasteiger partial charge in [0, 0.05) is 25.6 Å². The lowest BCUT2D eigenvalue weighted by Crippen LogP contribution is -2.44. The van der Waals surface area contributed by atoms with Crippen molar-refractivity contribution in [2.45, 2.75) is 38.6 Å². The summed E-state index contributed by atoms with van der Waals surface area (Å²) in [6.45, 7) is 3.20. The van der Waals surface area contributed by atoms with Crippen molar-refractivity contribution in [3.8, 4) is 0 Å². The van der Waals surface area contributed by atoms with Crippen LogP contribution < -0.4 is 0 Å². The zero-order valence-corrected chi connectivity index (χ0v) is 15.3. The summed E-state index contributed by atoms with van der Waals surface area (Å²) in [5.74, 6) is -0.182. The fourth-order valence-electron chi connectivity index (χ4n) is 3.86. The standard InChI is InChI=1S/C18H25FN2O3S/c1-2-25(23,24)20-12-9-15(10-13-20)18(22)21-11-3-4-17(21)14-5-7-16(19)8-6-14/h5-8,15,17H,2-4,9-13H2,1H3. The van der Waals surface area contributed by atoms with Crippen LogP contribution in [0.1, 0.15) is 44.2 Å². The highest BCUT2D eigenvalue weighted by Gasteiger charge is 2.36. The predicted molar refractivity (Wildman–Crippen MR) is 93.8 cm³/mol. The van der Waals surface area contributed by atoms with Gasteiger partial charge in [0.2, 0.25) is 15.9 Å². The molecule has 2 saturated heterocycles. The summed E-state index contributed by atoms with van der Waals surface area (Å²) >= 11 is 0. The van der Waals surface area contributed by atoms with Crippen molar-refractivity contribution >= 4 is 15.9 Å². The summed E-state index contributed by atoms with van der Waals surface area (Å²) in [4.78, 5) is 14.9. The molecule has 0 aromatic heterocycles. The number of hydrogen-bond donors (Lipinski definition) is 0. The van der Waals surface area contributed by atoms with Crippen molar-refractivity contribution in [3.05, 3.63) is 35.6 Å². The minimum absolute atomic E-state index is 0.00510. The lowest BCUT2D eigenvalue weighted by molar-refractivity contribution is -0.137. The molecule has 0 bridgehead atoms. The first-order valence-corrected chi connectivity index (χ1v) is 10.6. The van der Waals surface area contributed by atoms with Crippen LogP contribution >= 0.6 is 0 Å². The Balaban J connectivity index is 1.66. The topological polar surface area (TPSA) is 57.7 Å². The molecule has 7 heteroatoms. The molecule has 138 valence electrons. The molecule has 1 aromatic rings. The minimum Gasteiger partial charge on any atom is -0.335 e. The molecule has 0 spiro atoms. The Labute approximate surface area is 148 Å². The average molecular weight is 368 g/mol. The number of carbonyl (C=O) groups is 1. The second-order valence-corrected chi connectivity index (χ2v) is 9.07. The van der Waals surface area contributed by atoms with Crippen molar-refractivity contribution in [1.82, 2.24) is 9.21 Å². The van der Waals surface area contributed by atoms with E-state index in [0.29, 0.717) is 32.5 Å². The molecule has 2 aliphatic heterocycles. The number of likely N-dealkylation sites (tertiary alicyclic amines) is 1. The molecule has 0 N–H and O–H groups in total. The largest absolute Gasteiger partial charge is 0.335 e. The van der Waals surface area contributed by atoms with E-state index in [1.54, 1.807) is 19.1 Å². The van der Waals surface area contributed by atoms with Gasteiger partial charge < -0.3 is 4.90 Å². The molecule has 1 amide bonds. The number of hydrogen-bond acceptors (Lipinski definition) is 3. The van der Waals surface area contributed by atoms with Crippen LogP contribution in [0.3, 0.4) is 0 Å². The maximum absolute atomic E-state index is 13.1. The Morgan fingerprint density at radius 1 is 1.12 bits per heavy atom. The van der Waals surface area contributed by atoms with Gasteiger partial charge in [0.25, 0.3) is 0 Å². The van der Waals surface area contributed by atoms with Gasteiger partial charge in [-0.15, -0.1) is 0 Å². The Hall–Kier alpha value is -1.47. The molecule has 3 rings (SSSR count). The second kappa shape index (κ2) is 7.41. The molecule has 0 radical (unpaired) electrons. The predicted octanol–water partition coefficient (Wildman–Crippen LogP) is 2.55. The Morgan fingerprint density at radius 3 is 2.36 bits per heavy atom. The van der Waals surface area contributed by atoms with E-state index in [-0.39, 0.29) is 29.4 Å². The van der Waals surface area contributed by atoms with Crippen molar-refractivity contribution in [3.63, 3.8) is 0 Å². The highest BCUT2D eigenvalue weighted by Crippen LogP contribution is 2.34. The van der Waals surface area contributed by atoms with Crippen molar-refractivity contribution in [2.24, 2.45) is 5.92 Å². The average Bonchev–Trinajstić information content (AvgIpc) is 3.11. The quantitative estimate of drug-likeness (QED) is 0.821. The van der Waals surface area contributed by atoms with E-state index in [9.17, 15) is 17.6 Å². The third kappa shape index (κ3) is 3.87. The molecule has 1 unspecified atom stereocenters. The first-order chi connectivity index (χ1) is 11.9. The Kier molecular flexibility index (Phi) is 5.43. The fourth-order valence-corrected chi connectivity index (χ4v) is 4.99. The van der Waals surface area contributed by atoms with Crippen LogP contribution in [0.15, 0.2) is 24.3 Å². The zero-order chi connectivity index (χ0) is 18.0. The number of amides is 1. The van der Waals surface area contributed by atoms with Gasteiger partial charge in [-0.1, -0.05) is 12.1 Å². The summed E-state index contributed by atoms with van der Waals surface area (Å²) < 4.78 is 38.5. The first kappa shape index (κ1) is 18.3. The molecule has 2 heterocycles. The van der Waals surface area contributed by atoms with Gasteiger partial charge in [0.1, 0.15) is 5.82 Å². The lowest BCUT2D eigenvalue weighted by atomic mass is 9.95. The second-order valence-electron chi connectivity index (χ2n) is 6.82. The van der Waals surface area contributed by atoms with E-state index in [1.807, 2.05) is 4.90 Å². The Morgan fingerprint density at radius 2 is 1.76 bits per heavy atom. The fraction of sp³-hybridized carbons (Fsp3) is 0.611. The van der Waals surface area contributed by atoms with E-state index >= 15 is 0 Å². The van der Waals surface area contributed by atoms with Gasteiger partial charge in [0.05, 0.1) is 11.8 Å². The van der Waals surface area contributed by atoms with Crippen LogP contribution in [-0.4, -0.2) is 48.9 Å². The summed E-state index contributed by atoms with van der Waals surface area (Å²) in [5, 5.41) is 0. The van der Waals surface area contributed by atoms with E-state index < -0.39 is 10.0 Å². The SMILES string of the molecule is CCS(=O)(=O)N1CCC(C(=O)N2CCCC2c2ccc(F)cc2)CC1. The molecular weight excluding hydrogens is 343 g/mol. The number of benzene rings is 1. The summed E-state index contributed by atoms with van der Waals surface area (Å²) in [6, 6.07) is 6.38. The van der Waals surface area contributed by atoms with Gasteiger partial charge in [-0.2, -0.15) is 0 Å². The number of halogens is 1. The number of nitrogens with zero attached hydrogens (tertiary/aromatic N) is 2. The zero-order valence-electron chi connectivity index (χ0n) is 14.5. The first-order valence-electron chi connectivity index (χ1n) is 8.96. The van der Waals surface area contributed by atoms with Crippen LogP contribution in [0.5, 0.6) is 0 Å². The molecule has 0 saturated carbocycles. The summed E-state index contributed by atoms with van der Waals surface area (Å²) in [6.07, 6.45) is 2.98. The molecule has 25 heavy (non-hydrogen) atoms. The van der Waals surface area contributed by atoms with Crippen molar-refractivity contribution in [1.29, 1.82) is 0 Å². The molecule has 1 atom stereocenters. The summed E-state index contributed by atoms with van der Waals surface area (Å²) in [7, 11) is -3.17. The van der Waals surface area contributed by atoms with E-state index in [4.69, 9.17) is 0 Å². The monoisotopic (exact) mass is 368 g/mol. The highest BCUT2D eigenvalue weighted by atomic mass is 32.2. The Bertz CT molecular complexity index is 712. The molecular formula is C18H25FN2O3S. The van der Waals surface area contributed by atoms with E-state index in [2.05, 4.69) is 0 Å². The smallest absolute Gasteiger partial charge is 0.226 e. The van der Waals surface area contributed by atoms with Crippen LogP contribution in [0.4, 0.5) is 4.39 Å². The lowest BCUT2D eigenvalue weighted by Gasteiger charge is -2.34. The van der Waals surface area contributed by atoms with Crippen molar-refractivity contribution < 1.29 is 17.6 Å². The minimum atomic E-state index is -3.17. The van der Waals surface area contributed by atoms with Crippen LogP contribution in [0.2, 0.25) is 0 Å². The van der Waals surface area contributed by atoms with Crippen LogP contribution in [-0.2, 0) is 14.8 Å².